The van der Waals surface area contributed by atoms with Crippen LogP contribution in [0.15, 0.2) is 35.1 Å². The minimum atomic E-state index is 0.0381. The first kappa shape index (κ1) is 20.1. The molecule has 4 rings (SSSR count). The molecule has 2 aromatic heterocycles. The number of aromatic nitrogens is 3. The van der Waals surface area contributed by atoms with Gasteiger partial charge in [0.15, 0.2) is 0 Å². The molecule has 0 aliphatic carbocycles. The van der Waals surface area contributed by atoms with Crippen molar-refractivity contribution in [1.29, 1.82) is 0 Å². The zero-order valence-electron chi connectivity index (χ0n) is 17.6. The first-order valence-corrected chi connectivity index (χ1v) is 10.4. The second-order valence-electron chi connectivity index (χ2n) is 7.72. The summed E-state index contributed by atoms with van der Waals surface area (Å²) in [6.07, 6.45) is 4.02. The van der Waals surface area contributed by atoms with Gasteiger partial charge < -0.3 is 19.5 Å². The topological polar surface area (TPSA) is 93.4 Å². The fraction of sp³-hybridized carbons (Fsp3) is 0.455. The van der Waals surface area contributed by atoms with E-state index in [0.717, 1.165) is 54.9 Å². The van der Waals surface area contributed by atoms with E-state index >= 15 is 0 Å². The lowest BCUT2D eigenvalue weighted by Gasteiger charge is -2.32. The third-order valence-corrected chi connectivity index (χ3v) is 5.78. The third-order valence-electron chi connectivity index (χ3n) is 5.78. The Bertz CT molecular complexity index is 1010. The number of methoxy groups -OCH3 is 1. The molecule has 0 spiro atoms. The van der Waals surface area contributed by atoms with Crippen molar-refractivity contribution in [3.63, 3.8) is 0 Å². The number of rotatable bonds is 6. The van der Waals surface area contributed by atoms with Gasteiger partial charge in [0, 0.05) is 30.6 Å². The van der Waals surface area contributed by atoms with Gasteiger partial charge in [0.1, 0.15) is 29.0 Å². The highest BCUT2D eigenvalue weighted by atomic mass is 16.5. The number of hydrogen-bond donors (Lipinski definition) is 1. The van der Waals surface area contributed by atoms with Crippen LogP contribution < -0.4 is 15.0 Å². The maximum Gasteiger partial charge on any atom is 0.263 e. The molecule has 0 bridgehead atoms. The molecule has 3 heterocycles. The van der Waals surface area contributed by atoms with E-state index in [2.05, 4.69) is 32.3 Å². The summed E-state index contributed by atoms with van der Waals surface area (Å²) in [5.74, 6) is 1.77. The van der Waals surface area contributed by atoms with E-state index in [0.29, 0.717) is 11.4 Å². The summed E-state index contributed by atoms with van der Waals surface area (Å²) >= 11 is 0. The van der Waals surface area contributed by atoms with Gasteiger partial charge >= 0.3 is 0 Å². The maximum absolute atomic E-state index is 12.5. The Morgan fingerprint density at radius 3 is 2.67 bits per heavy atom. The van der Waals surface area contributed by atoms with Crippen LogP contribution in [0.1, 0.15) is 33.1 Å². The Kier molecular flexibility index (Phi) is 5.83. The Morgan fingerprint density at radius 1 is 1.27 bits per heavy atom. The van der Waals surface area contributed by atoms with E-state index in [4.69, 9.17) is 9.26 Å². The summed E-state index contributed by atoms with van der Waals surface area (Å²) in [7, 11) is 1.64. The molecule has 1 saturated heterocycles. The van der Waals surface area contributed by atoms with Crippen molar-refractivity contribution >= 4 is 22.8 Å². The molecular formula is C22H27N5O3. The molecule has 1 fully saturated rings. The predicted molar refractivity (Wildman–Crippen MR) is 114 cm³/mol. The molecule has 1 aromatic carbocycles. The Labute approximate surface area is 175 Å². The normalized spacial score (nSPS) is 15.9. The minimum Gasteiger partial charge on any atom is -0.497 e. The van der Waals surface area contributed by atoms with Crippen molar-refractivity contribution < 1.29 is 14.1 Å². The highest BCUT2D eigenvalue weighted by molar-refractivity contribution is 5.98. The fourth-order valence-electron chi connectivity index (χ4n) is 3.77. The molecule has 30 heavy (non-hydrogen) atoms. The van der Waals surface area contributed by atoms with E-state index in [-0.39, 0.29) is 17.9 Å². The first-order chi connectivity index (χ1) is 14.6. The lowest BCUT2D eigenvalue weighted by Crippen LogP contribution is -2.43. The lowest BCUT2D eigenvalue weighted by atomic mass is 9.95. The molecule has 1 aliphatic rings. The summed E-state index contributed by atoms with van der Waals surface area (Å²) in [4.78, 5) is 23.5. The largest absolute Gasteiger partial charge is 0.497 e. The molecule has 8 heteroatoms. The van der Waals surface area contributed by atoms with Crippen LogP contribution >= 0.6 is 0 Å². The number of ether oxygens (including phenoxy) is 1. The van der Waals surface area contributed by atoms with Crippen molar-refractivity contribution in [3.8, 4) is 17.0 Å². The van der Waals surface area contributed by atoms with Gasteiger partial charge in [-0.15, -0.1) is 0 Å². The van der Waals surface area contributed by atoms with Crippen LogP contribution in [0.25, 0.3) is 22.4 Å². The zero-order chi connectivity index (χ0) is 21.1. The van der Waals surface area contributed by atoms with Crippen molar-refractivity contribution in [2.75, 3.05) is 25.1 Å². The van der Waals surface area contributed by atoms with Gasteiger partial charge in [0.25, 0.3) is 5.71 Å². The van der Waals surface area contributed by atoms with Gasteiger partial charge in [-0.25, -0.2) is 4.98 Å². The second-order valence-corrected chi connectivity index (χ2v) is 7.72. The number of carbonyl (C=O) groups is 1. The number of anilines is 1. The second kappa shape index (κ2) is 8.69. The number of piperidine rings is 1. The molecule has 8 nitrogen and oxygen atoms in total. The molecular weight excluding hydrogens is 382 g/mol. The highest BCUT2D eigenvalue weighted by Crippen LogP contribution is 2.35. The molecule has 0 radical (unpaired) electrons. The number of hydrogen-bond acceptors (Lipinski definition) is 7. The van der Waals surface area contributed by atoms with E-state index in [1.54, 1.807) is 7.11 Å². The number of nitrogens with zero attached hydrogens (tertiary/aromatic N) is 4. The van der Waals surface area contributed by atoms with Crippen molar-refractivity contribution in [2.24, 2.45) is 5.92 Å². The molecule has 158 valence electrons. The van der Waals surface area contributed by atoms with Crippen molar-refractivity contribution in [2.45, 2.75) is 39.2 Å². The van der Waals surface area contributed by atoms with Crippen LogP contribution in [0.2, 0.25) is 0 Å². The van der Waals surface area contributed by atoms with Gasteiger partial charge in [-0.2, -0.15) is 4.98 Å². The number of nitrogens with one attached hydrogen (secondary N) is 1. The van der Waals surface area contributed by atoms with Crippen LogP contribution in [0.3, 0.4) is 0 Å². The number of fused-ring (bicyclic) bond motifs is 1. The van der Waals surface area contributed by atoms with Gasteiger partial charge in [0.05, 0.1) is 7.11 Å². The third kappa shape index (κ3) is 3.94. The molecule has 1 N–H and O–H groups in total. The predicted octanol–water partition coefficient (Wildman–Crippen LogP) is 3.42. The molecule has 1 atom stereocenters. The van der Waals surface area contributed by atoms with Crippen molar-refractivity contribution in [1.82, 2.24) is 20.4 Å². The Morgan fingerprint density at radius 2 is 2.00 bits per heavy atom. The van der Waals surface area contributed by atoms with Crippen LogP contribution in [0, 0.1) is 5.92 Å². The van der Waals surface area contributed by atoms with Crippen LogP contribution in [0.4, 0.5) is 5.82 Å². The standard InChI is InChI=1S/C22H27N5O3/c1-4-14(2)25-21(28)16-9-11-27(12-10-16)20-18-19(26-30-22(18)24-13-23-20)15-5-7-17(29-3)8-6-15/h5-8,13-14,16H,4,9-12H2,1-3H3,(H,25,28)/t14-/m0/s1. The molecule has 1 aliphatic heterocycles. The number of amides is 1. The van der Waals surface area contributed by atoms with E-state index < -0.39 is 0 Å². The van der Waals surface area contributed by atoms with Crippen LogP contribution in [0.5, 0.6) is 5.75 Å². The monoisotopic (exact) mass is 409 g/mol. The van der Waals surface area contributed by atoms with Gasteiger partial charge in [-0.1, -0.05) is 12.1 Å². The first-order valence-electron chi connectivity index (χ1n) is 10.4. The minimum absolute atomic E-state index is 0.0381. The Balaban J connectivity index is 1.56. The molecule has 0 saturated carbocycles. The van der Waals surface area contributed by atoms with Gasteiger partial charge in [0.2, 0.25) is 5.91 Å². The molecule has 0 unspecified atom stereocenters. The summed E-state index contributed by atoms with van der Waals surface area (Å²) in [6, 6.07) is 7.87. The maximum atomic E-state index is 12.5. The van der Waals surface area contributed by atoms with E-state index in [1.165, 1.54) is 6.33 Å². The summed E-state index contributed by atoms with van der Waals surface area (Å²) in [5, 5.41) is 8.15. The van der Waals surface area contributed by atoms with Crippen LogP contribution in [-0.2, 0) is 4.79 Å². The average molecular weight is 409 g/mol. The summed E-state index contributed by atoms with van der Waals surface area (Å²) < 4.78 is 10.7. The average Bonchev–Trinajstić information content (AvgIpc) is 3.23. The summed E-state index contributed by atoms with van der Waals surface area (Å²) in [5.41, 5.74) is 2.08. The van der Waals surface area contributed by atoms with Crippen molar-refractivity contribution in [3.05, 3.63) is 30.6 Å². The Hall–Kier alpha value is -3.16. The SMILES string of the molecule is CC[C@H](C)NC(=O)C1CCN(c2ncnc3onc(-c4ccc(OC)cc4)c23)CC1. The fourth-order valence-corrected chi connectivity index (χ4v) is 3.77. The highest BCUT2D eigenvalue weighted by Gasteiger charge is 2.28. The van der Waals surface area contributed by atoms with Crippen LogP contribution in [-0.4, -0.2) is 47.3 Å². The zero-order valence-corrected chi connectivity index (χ0v) is 17.6. The van der Waals surface area contributed by atoms with Gasteiger partial charge in [-0.3, -0.25) is 4.79 Å². The summed E-state index contributed by atoms with van der Waals surface area (Å²) in [6.45, 7) is 5.61. The van der Waals surface area contributed by atoms with Gasteiger partial charge in [-0.05, 0) is 50.5 Å². The lowest BCUT2D eigenvalue weighted by molar-refractivity contribution is -0.126. The quantitative estimate of drug-likeness (QED) is 0.667. The van der Waals surface area contributed by atoms with E-state index in [9.17, 15) is 4.79 Å². The molecule has 1 amide bonds. The molecule has 3 aromatic rings. The smallest absolute Gasteiger partial charge is 0.263 e. The number of carbonyl (C=O) groups excluding carboxylic acids is 1. The van der Waals surface area contributed by atoms with E-state index in [1.807, 2.05) is 31.2 Å². The number of benzene rings is 1.